The molecule has 0 atom stereocenters. The fourth-order valence-electron chi connectivity index (χ4n) is 1.27. The third kappa shape index (κ3) is 4.67. The van der Waals surface area contributed by atoms with Crippen molar-refractivity contribution < 1.29 is 22.4 Å². The van der Waals surface area contributed by atoms with E-state index in [9.17, 15) is 22.4 Å². The summed E-state index contributed by atoms with van der Waals surface area (Å²) in [6.45, 7) is 1.28. The lowest BCUT2D eigenvalue weighted by Crippen LogP contribution is -2.41. The minimum atomic E-state index is -4.25. The van der Waals surface area contributed by atoms with Gasteiger partial charge in [-0.05, 0) is 18.6 Å². The largest absolute Gasteiger partial charge is 0.384 e. The van der Waals surface area contributed by atoms with Crippen molar-refractivity contribution in [2.75, 3.05) is 18.4 Å². The molecule has 20 heavy (non-hydrogen) atoms. The van der Waals surface area contributed by atoms with Crippen LogP contribution in [-0.4, -0.2) is 36.3 Å². The molecule has 8 heteroatoms. The number of anilines is 1. The Kier molecular flexibility index (Phi) is 5.72. The highest BCUT2D eigenvalue weighted by molar-refractivity contribution is 5.92. The minimum Gasteiger partial charge on any atom is -0.384 e. The molecule has 0 bridgehead atoms. The number of nitrogens with zero attached hydrogens (tertiary/aromatic N) is 1. The molecule has 0 aromatic carbocycles. The highest BCUT2D eigenvalue weighted by Crippen LogP contribution is 2.21. The van der Waals surface area contributed by atoms with Crippen molar-refractivity contribution in [3.05, 3.63) is 24.0 Å². The van der Waals surface area contributed by atoms with Gasteiger partial charge in [0.1, 0.15) is 5.69 Å². The third-order valence-corrected chi connectivity index (χ3v) is 2.38. The van der Waals surface area contributed by atoms with E-state index in [1.165, 1.54) is 12.3 Å². The fourth-order valence-corrected chi connectivity index (χ4v) is 1.27. The van der Waals surface area contributed by atoms with Gasteiger partial charge in [0.25, 0.3) is 5.91 Å². The Labute approximate surface area is 113 Å². The summed E-state index contributed by atoms with van der Waals surface area (Å²) in [5.41, 5.74) is 0.568. The van der Waals surface area contributed by atoms with Crippen molar-refractivity contribution in [1.82, 2.24) is 10.3 Å². The second-order valence-corrected chi connectivity index (χ2v) is 4.10. The van der Waals surface area contributed by atoms with Crippen molar-refractivity contribution in [2.45, 2.75) is 25.7 Å². The number of alkyl halides is 4. The maximum atomic E-state index is 12.6. The Balaban J connectivity index is 2.56. The van der Waals surface area contributed by atoms with Gasteiger partial charge in [0, 0.05) is 6.54 Å². The molecule has 0 fully saturated rings. The quantitative estimate of drug-likeness (QED) is 0.760. The molecule has 0 saturated heterocycles. The first-order chi connectivity index (χ1) is 9.36. The number of pyridine rings is 1. The van der Waals surface area contributed by atoms with Crippen molar-refractivity contribution in [3.63, 3.8) is 0 Å². The molecule has 0 aliphatic carbocycles. The first-order valence-corrected chi connectivity index (χ1v) is 6.01. The number of nitrogens with one attached hydrogen (secondary N) is 2. The lowest BCUT2D eigenvalue weighted by Gasteiger charge is -2.15. The number of rotatable bonds is 7. The van der Waals surface area contributed by atoms with Crippen LogP contribution in [0.5, 0.6) is 0 Å². The zero-order chi connectivity index (χ0) is 15.2. The first-order valence-electron chi connectivity index (χ1n) is 6.01. The SMILES string of the molecule is CCCNc1ccc(C(=O)NCC(F)(F)C(F)F)nc1. The van der Waals surface area contributed by atoms with Crippen LogP contribution < -0.4 is 10.6 Å². The third-order valence-electron chi connectivity index (χ3n) is 2.38. The molecule has 4 nitrogen and oxygen atoms in total. The van der Waals surface area contributed by atoms with E-state index in [2.05, 4.69) is 10.3 Å². The lowest BCUT2D eigenvalue weighted by molar-refractivity contribution is -0.123. The topological polar surface area (TPSA) is 54.0 Å². The number of carbonyl (C=O) groups excluding carboxylic acids is 1. The van der Waals surface area contributed by atoms with E-state index in [0.717, 1.165) is 13.0 Å². The highest BCUT2D eigenvalue weighted by Gasteiger charge is 2.40. The predicted molar refractivity (Wildman–Crippen MR) is 66.3 cm³/mol. The predicted octanol–water partition coefficient (Wildman–Crippen LogP) is 2.53. The van der Waals surface area contributed by atoms with Crippen LogP contribution in [0.3, 0.4) is 0 Å². The van der Waals surface area contributed by atoms with Crippen LogP contribution in [0.15, 0.2) is 18.3 Å². The van der Waals surface area contributed by atoms with Gasteiger partial charge in [-0.15, -0.1) is 0 Å². The summed E-state index contributed by atoms with van der Waals surface area (Å²) < 4.78 is 49.1. The van der Waals surface area contributed by atoms with Crippen molar-refractivity contribution in [3.8, 4) is 0 Å². The van der Waals surface area contributed by atoms with E-state index >= 15 is 0 Å². The molecule has 2 N–H and O–H groups in total. The highest BCUT2D eigenvalue weighted by atomic mass is 19.3. The second-order valence-electron chi connectivity index (χ2n) is 4.10. The number of carbonyl (C=O) groups is 1. The summed E-state index contributed by atoms with van der Waals surface area (Å²) in [6.07, 6.45) is -1.54. The lowest BCUT2D eigenvalue weighted by atomic mass is 10.3. The molecular formula is C12H15F4N3O. The summed E-state index contributed by atoms with van der Waals surface area (Å²) in [5.74, 6) is -5.18. The van der Waals surface area contributed by atoms with Crippen molar-refractivity contribution in [1.29, 1.82) is 0 Å². The number of aromatic nitrogens is 1. The smallest absolute Gasteiger partial charge is 0.324 e. The number of hydrogen-bond acceptors (Lipinski definition) is 3. The molecule has 1 heterocycles. The van der Waals surface area contributed by atoms with Gasteiger partial charge >= 0.3 is 12.3 Å². The molecule has 0 saturated carbocycles. The molecule has 1 aromatic rings. The van der Waals surface area contributed by atoms with Gasteiger partial charge in [-0.2, -0.15) is 8.78 Å². The van der Waals surface area contributed by atoms with Crippen LogP contribution in [0.1, 0.15) is 23.8 Å². The summed E-state index contributed by atoms with van der Waals surface area (Å²) in [5, 5.41) is 4.75. The van der Waals surface area contributed by atoms with Crippen molar-refractivity contribution in [2.24, 2.45) is 0 Å². The van der Waals surface area contributed by atoms with E-state index in [-0.39, 0.29) is 5.69 Å². The molecule has 0 radical (unpaired) electrons. The second kappa shape index (κ2) is 7.06. The summed E-state index contributed by atoms with van der Waals surface area (Å²) >= 11 is 0. The van der Waals surface area contributed by atoms with Crippen LogP contribution in [0, 0.1) is 0 Å². The Bertz CT molecular complexity index is 437. The fraction of sp³-hybridized carbons (Fsp3) is 0.500. The van der Waals surface area contributed by atoms with Crippen LogP contribution in [-0.2, 0) is 0 Å². The van der Waals surface area contributed by atoms with E-state index < -0.39 is 24.8 Å². The summed E-state index contributed by atoms with van der Waals surface area (Å²) in [4.78, 5) is 15.2. The normalized spacial score (nSPS) is 11.5. The number of hydrogen-bond donors (Lipinski definition) is 2. The summed E-state index contributed by atoms with van der Waals surface area (Å²) in [7, 11) is 0. The van der Waals surface area contributed by atoms with E-state index in [1.807, 2.05) is 6.92 Å². The molecule has 1 aromatic heterocycles. The first kappa shape index (κ1) is 16.2. The zero-order valence-electron chi connectivity index (χ0n) is 10.8. The average molecular weight is 293 g/mol. The van der Waals surface area contributed by atoms with Gasteiger partial charge in [-0.1, -0.05) is 6.92 Å². The zero-order valence-corrected chi connectivity index (χ0v) is 10.8. The van der Waals surface area contributed by atoms with Crippen LogP contribution in [0.2, 0.25) is 0 Å². The van der Waals surface area contributed by atoms with E-state index in [4.69, 9.17) is 0 Å². The average Bonchev–Trinajstić information content (AvgIpc) is 2.43. The van der Waals surface area contributed by atoms with E-state index in [0.29, 0.717) is 5.69 Å². The Morgan fingerprint density at radius 3 is 2.60 bits per heavy atom. The Hall–Kier alpha value is -1.86. The van der Waals surface area contributed by atoms with Gasteiger partial charge in [-0.3, -0.25) is 4.79 Å². The van der Waals surface area contributed by atoms with E-state index in [1.54, 1.807) is 11.4 Å². The minimum absolute atomic E-state index is 0.114. The molecular weight excluding hydrogens is 278 g/mol. The number of amides is 1. The van der Waals surface area contributed by atoms with Crippen LogP contribution in [0.25, 0.3) is 0 Å². The van der Waals surface area contributed by atoms with Crippen LogP contribution >= 0.6 is 0 Å². The van der Waals surface area contributed by atoms with Crippen LogP contribution in [0.4, 0.5) is 23.2 Å². The van der Waals surface area contributed by atoms with Gasteiger partial charge < -0.3 is 10.6 Å². The summed E-state index contributed by atoms with van der Waals surface area (Å²) in [6, 6.07) is 2.89. The molecule has 0 unspecified atom stereocenters. The monoisotopic (exact) mass is 293 g/mol. The van der Waals surface area contributed by atoms with Gasteiger partial charge in [0.05, 0.1) is 18.4 Å². The Morgan fingerprint density at radius 2 is 2.10 bits per heavy atom. The maximum Gasteiger partial charge on any atom is 0.324 e. The molecule has 1 amide bonds. The van der Waals surface area contributed by atoms with Gasteiger partial charge in [-0.25, -0.2) is 13.8 Å². The number of halogens is 4. The standard InChI is InChI=1S/C12H15F4N3O/c1-2-5-17-8-3-4-9(18-6-8)10(20)19-7-12(15,16)11(13)14/h3-4,6,11,17H,2,5,7H2,1H3,(H,19,20). The molecule has 112 valence electrons. The molecule has 0 aliphatic heterocycles. The van der Waals surface area contributed by atoms with Gasteiger partial charge in [0.15, 0.2) is 0 Å². The molecule has 1 rings (SSSR count). The van der Waals surface area contributed by atoms with Gasteiger partial charge in [0.2, 0.25) is 0 Å². The molecule has 0 spiro atoms. The Morgan fingerprint density at radius 1 is 1.40 bits per heavy atom. The van der Waals surface area contributed by atoms with Crippen molar-refractivity contribution >= 4 is 11.6 Å². The molecule has 0 aliphatic rings. The maximum absolute atomic E-state index is 12.6.